The first-order valence-corrected chi connectivity index (χ1v) is 5.39. The second-order valence-electron chi connectivity index (χ2n) is 3.83. The summed E-state index contributed by atoms with van der Waals surface area (Å²) >= 11 is 0. The minimum absolute atomic E-state index is 0.293. The maximum atomic E-state index is 13.0. The van der Waals surface area contributed by atoms with Crippen molar-refractivity contribution >= 4 is 0 Å². The molecule has 0 fully saturated rings. The molecular formula is C12H16F3N. The van der Waals surface area contributed by atoms with Crippen LogP contribution in [-0.4, -0.2) is 0 Å². The highest BCUT2D eigenvalue weighted by molar-refractivity contribution is 5.28. The third-order valence-corrected chi connectivity index (χ3v) is 2.55. The predicted octanol–water partition coefficient (Wildman–Crippen LogP) is 3.95. The van der Waals surface area contributed by atoms with Crippen LogP contribution in [0, 0.1) is 5.82 Å². The Labute approximate surface area is 93.5 Å². The van der Waals surface area contributed by atoms with Gasteiger partial charge in [0.25, 0.3) is 6.43 Å². The van der Waals surface area contributed by atoms with Crippen molar-refractivity contribution in [2.45, 2.75) is 38.7 Å². The first-order valence-electron chi connectivity index (χ1n) is 5.39. The van der Waals surface area contributed by atoms with Crippen molar-refractivity contribution < 1.29 is 13.2 Å². The van der Waals surface area contributed by atoms with Crippen molar-refractivity contribution in [2.24, 2.45) is 5.73 Å². The lowest BCUT2D eigenvalue weighted by molar-refractivity contribution is 0.146. The van der Waals surface area contributed by atoms with Crippen LogP contribution in [0.3, 0.4) is 0 Å². The molecule has 1 nitrogen and oxygen atoms in total. The smallest absolute Gasteiger partial charge is 0.266 e. The molecule has 0 heterocycles. The van der Waals surface area contributed by atoms with Crippen LogP contribution in [-0.2, 0) is 0 Å². The molecule has 16 heavy (non-hydrogen) atoms. The van der Waals surface area contributed by atoms with E-state index < -0.39 is 17.8 Å². The zero-order valence-electron chi connectivity index (χ0n) is 9.22. The molecule has 0 aliphatic carbocycles. The van der Waals surface area contributed by atoms with Crippen LogP contribution >= 0.6 is 0 Å². The van der Waals surface area contributed by atoms with Crippen LogP contribution in [0.25, 0.3) is 0 Å². The number of alkyl halides is 2. The van der Waals surface area contributed by atoms with Crippen LogP contribution in [0.5, 0.6) is 0 Å². The normalized spacial score (nSPS) is 13.1. The van der Waals surface area contributed by atoms with E-state index in [1.54, 1.807) is 0 Å². The lowest BCUT2D eigenvalue weighted by Crippen LogP contribution is -2.10. The maximum Gasteiger partial charge on any atom is 0.266 e. The summed E-state index contributed by atoms with van der Waals surface area (Å²) in [6, 6.07) is 3.41. The number of hydrogen-bond donors (Lipinski definition) is 1. The number of benzene rings is 1. The Morgan fingerprint density at radius 1 is 1.31 bits per heavy atom. The van der Waals surface area contributed by atoms with Crippen LogP contribution in [0.15, 0.2) is 18.2 Å². The molecule has 1 unspecified atom stereocenters. The first-order chi connectivity index (χ1) is 7.56. The van der Waals surface area contributed by atoms with Gasteiger partial charge in [-0.15, -0.1) is 0 Å². The van der Waals surface area contributed by atoms with Gasteiger partial charge in [0.1, 0.15) is 5.82 Å². The van der Waals surface area contributed by atoms with Crippen molar-refractivity contribution in [1.82, 2.24) is 0 Å². The third kappa shape index (κ3) is 3.23. The van der Waals surface area contributed by atoms with Crippen molar-refractivity contribution in [3.8, 4) is 0 Å². The Morgan fingerprint density at radius 3 is 2.56 bits per heavy atom. The SMILES string of the molecule is CCCCC(N)c1ccc(F)c(C(F)F)c1. The quantitative estimate of drug-likeness (QED) is 0.815. The lowest BCUT2D eigenvalue weighted by atomic mass is 10.00. The number of hydrogen-bond acceptors (Lipinski definition) is 1. The first kappa shape index (κ1) is 13.0. The largest absolute Gasteiger partial charge is 0.324 e. The van der Waals surface area contributed by atoms with Crippen molar-refractivity contribution in [3.63, 3.8) is 0 Å². The summed E-state index contributed by atoms with van der Waals surface area (Å²) in [7, 11) is 0. The highest BCUT2D eigenvalue weighted by Crippen LogP contribution is 2.26. The molecular weight excluding hydrogens is 215 g/mol. The second-order valence-corrected chi connectivity index (χ2v) is 3.83. The van der Waals surface area contributed by atoms with Gasteiger partial charge in [-0.2, -0.15) is 0 Å². The molecule has 0 aliphatic heterocycles. The van der Waals surface area contributed by atoms with E-state index in [2.05, 4.69) is 0 Å². The van der Waals surface area contributed by atoms with E-state index in [0.717, 1.165) is 25.3 Å². The summed E-state index contributed by atoms with van der Waals surface area (Å²) in [6.45, 7) is 2.03. The molecule has 4 heteroatoms. The Bertz CT molecular complexity index is 339. The van der Waals surface area contributed by atoms with E-state index in [1.807, 2.05) is 6.92 Å². The number of halogens is 3. The van der Waals surface area contributed by atoms with Gasteiger partial charge in [0.2, 0.25) is 0 Å². The summed E-state index contributed by atoms with van der Waals surface area (Å²) in [6.07, 6.45) is -0.137. The topological polar surface area (TPSA) is 26.0 Å². The molecule has 1 aromatic carbocycles. The molecule has 0 aromatic heterocycles. The summed E-state index contributed by atoms with van der Waals surface area (Å²) in [5.41, 5.74) is 5.84. The van der Waals surface area contributed by atoms with Gasteiger partial charge in [-0.25, -0.2) is 13.2 Å². The molecule has 0 radical (unpaired) electrons. The Kier molecular flexibility index (Phi) is 4.80. The number of rotatable bonds is 5. The van der Waals surface area contributed by atoms with E-state index >= 15 is 0 Å². The zero-order chi connectivity index (χ0) is 12.1. The molecule has 0 spiro atoms. The van der Waals surface area contributed by atoms with Crippen LogP contribution in [0.1, 0.15) is 49.8 Å². The molecule has 0 saturated carbocycles. The van der Waals surface area contributed by atoms with Gasteiger partial charge in [0, 0.05) is 6.04 Å². The standard InChI is InChI=1S/C12H16F3N/c1-2-3-4-11(16)8-5-6-10(13)9(7-8)12(14)15/h5-7,11-12H,2-4,16H2,1H3. The summed E-state index contributed by atoms with van der Waals surface area (Å²) < 4.78 is 37.9. The van der Waals surface area contributed by atoms with Gasteiger partial charge in [-0.05, 0) is 24.1 Å². The van der Waals surface area contributed by atoms with Crippen LogP contribution in [0.2, 0.25) is 0 Å². The average molecular weight is 231 g/mol. The Hall–Kier alpha value is -1.03. The highest BCUT2D eigenvalue weighted by atomic mass is 19.3. The minimum atomic E-state index is -2.79. The van der Waals surface area contributed by atoms with Gasteiger partial charge >= 0.3 is 0 Å². The van der Waals surface area contributed by atoms with Gasteiger partial charge in [0.15, 0.2) is 0 Å². The fourth-order valence-corrected chi connectivity index (χ4v) is 1.55. The molecule has 0 bridgehead atoms. The molecule has 0 amide bonds. The third-order valence-electron chi connectivity index (χ3n) is 2.55. The molecule has 1 aromatic rings. The van der Waals surface area contributed by atoms with E-state index in [0.29, 0.717) is 5.56 Å². The molecule has 0 saturated heterocycles. The lowest BCUT2D eigenvalue weighted by Gasteiger charge is -2.13. The fourth-order valence-electron chi connectivity index (χ4n) is 1.55. The Balaban J connectivity index is 2.85. The zero-order valence-corrected chi connectivity index (χ0v) is 9.22. The van der Waals surface area contributed by atoms with Crippen LogP contribution < -0.4 is 5.73 Å². The Morgan fingerprint density at radius 2 is 2.00 bits per heavy atom. The monoisotopic (exact) mass is 231 g/mol. The van der Waals surface area contributed by atoms with Crippen LogP contribution in [0.4, 0.5) is 13.2 Å². The van der Waals surface area contributed by atoms with Gasteiger partial charge in [-0.1, -0.05) is 25.8 Å². The van der Waals surface area contributed by atoms with Crippen molar-refractivity contribution in [3.05, 3.63) is 35.1 Å². The van der Waals surface area contributed by atoms with Crippen molar-refractivity contribution in [2.75, 3.05) is 0 Å². The molecule has 90 valence electrons. The van der Waals surface area contributed by atoms with E-state index in [4.69, 9.17) is 5.73 Å². The predicted molar refractivity (Wildman–Crippen MR) is 57.8 cm³/mol. The van der Waals surface area contributed by atoms with Crippen molar-refractivity contribution in [1.29, 1.82) is 0 Å². The van der Waals surface area contributed by atoms with Gasteiger partial charge in [0.05, 0.1) is 5.56 Å². The van der Waals surface area contributed by atoms with Gasteiger partial charge < -0.3 is 5.73 Å². The molecule has 1 atom stereocenters. The molecule has 0 aliphatic rings. The molecule has 1 rings (SSSR count). The number of unbranched alkanes of at least 4 members (excludes halogenated alkanes) is 1. The van der Waals surface area contributed by atoms with Gasteiger partial charge in [-0.3, -0.25) is 0 Å². The maximum absolute atomic E-state index is 13.0. The summed E-state index contributed by atoms with van der Waals surface area (Å²) in [5.74, 6) is -0.874. The number of nitrogens with two attached hydrogens (primary N) is 1. The van der Waals surface area contributed by atoms with E-state index in [-0.39, 0.29) is 6.04 Å². The summed E-state index contributed by atoms with van der Waals surface area (Å²) in [4.78, 5) is 0. The fraction of sp³-hybridized carbons (Fsp3) is 0.500. The highest BCUT2D eigenvalue weighted by Gasteiger charge is 2.15. The van der Waals surface area contributed by atoms with E-state index in [9.17, 15) is 13.2 Å². The average Bonchev–Trinajstić information content (AvgIpc) is 2.26. The minimum Gasteiger partial charge on any atom is -0.324 e. The van der Waals surface area contributed by atoms with E-state index in [1.165, 1.54) is 12.1 Å². The molecule has 2 N–H and O–H groups in total. The summed E-state index contributed by atoms with van der Waals surface area (Å²) in [5, 5.41) is 0. The second kappa shape index (κ2) is 5.89.